The number of aromatic amines is 2. The monoisotopic (exact) mass is 533 g/mol. The number of hydrogen-bond acceptors (Lipinski definition) is 10. The molecule has 1 aliphatic carbocycles. The second-order valence-electron chi connectivity index (χ2n) is 10.7. The van der Waals surface area contributed by atoms with Crippen LogP contribution in [0.4, 0.5) is 17.5 Å². The van der Waals surface area contributed by atoms with Gasteiger partial charge in [0.15, 0.2) is 5.65 Å². The van der Waals surface area contributed by atoms with E-state index in [1.807, 2.05) is 23.3 Å². The van der Waals surface area contributed by atoms with Crippen molar-refractivity contribution in [2.24, 2.45) is 0 Å². The second-order valence-corrected chi connectivity index (χ2v) is 10.7. The van der Waals surface area contributed by atoms with Gasteiger partial charge in [-0.05, 0) is 38.5 Å². The summed E-state index contributed by atoms with van der Waals surface area (Å²) in [5.74, 6) is 1.28. The van der Waals surface area contributed by atoms with E-state index >= 15 is 0 Å². The number of rotatable bonds is 7. The molecule has 39 heavy (non-hydrogen) atoms. The summed E-state index contributed by atoms with van der Waals surface area (Å²) < 4.78 is 13.1. The minimum atomic E-state index is 0.330. The highest BCUT2D eigenvalue weighted by atomic mass is 16.5. The maximum Gasteiger partial charge on any atom is 0.231 e. The van der Waals surface area contributed by atoms with Crippen LogP contribution in [-0.2, 0) is 9.47 Å². The number of H-pyrrole nitrogens is 2. The summed E-state index contributed by atoms with van der Waals surface area (Å²) in [4.78, 5) is 12.3. The number of fused-ring (bicyclic) bond motifs is 1. The van der Waals surface area contributed by atoms with Gasteiger partial charge in [-0.15, -0.1) is 0 Å². The second kappa shape index (κ2) is 10.9. The first-order valence-corrected chi connectivity index (χ1v) is 14.0. The molecule has 0 aromatic carbocycles. The van der Waals surface area contributed by atoms with E-state index in [4.69, 9.17) is 19.4 Å². The van der Waals surface area contributed by atoms with Crippen molar-refractivity contribution in [2.75, 3.05) is 50.2 Å². The molecule has 4 aromatic rings. The Hall–Kier alpha value is -3.55. The molecule has 4 N–H and O–H groups in total. The molecular weight excluding hydrogens is 498 g/mol. The molecule has 0 atom stereocenters. The summed E-state index contributed by atoms with van der Waals surface area (Å²) in [6, 6.07) is 1.32. The minimum Gasteiger partial charge on any atom is -0.381 e. The molecule has 3 fully saturated rings. The Morgan fingerprint density at radius 2 is 1.72 bits per heavy atom. The van der Waals surface area contributed by atoms with Crippen LogP contribution in [0.2, 0.25) is 0 Å². The van der Waals surface area contributed by atoms with Gasteiger partial charge in [-0.3, -0.25) is 19.8 Å². The normalized spacial score (nSPS) is 23.3. The average Bonchev–Trinajstić information content (AvgIpc) is 3.76. The molecule has 2 saturated heterocycles. The fourth-order valence-electron chi connectivity index (χ4n) is 6.08. The molecule has 13 heteroatoms. The smallest absolute Gasteiger partial charge is 0.231 e. The highest BCUT2D eigenvalue weighted by molar-refractivity contribution is 5.99. The van der Waals surface area contributed by atoms with E-state index in [1.165, 1.54) is 12.8 Å². The first-order chi connectivity index (χ1) is 19.3. The molecule has 13 nitrogen and oxygen atoms in total. The van der Waals surface area contributed by atoms with Crippen molar-refractivity contribution in [1.82, 2.24) is 45.0 Å². The van der Waals surface area contributed by atoms with E-state index in [0.717, 1.165) is 93.3 Å². The zero-order valence-corrected chi connectivity index (χ0v) is 22.0. The van der Waals surface area contributed by atoms with Crippen LogP contribution >= 0.6 is 0 Å². The fourth-order valence-corrected chi connectivity index (χ4v) is 6.08. The number of ether oxygens (including phenoxy) is 2. The van der Waals surface area contributed by atoms with E-state index in [1.54, 1.807) is 6.20 Å². The van der Waals surface area contributed by atoms with Crippen molar-refractivity contribution in [3.8, 4) is 11.3 Å². The zero-order chi connectivity index (χ0) is 26.0. The summed E-state index contributed by atoms with van der Waals surface area (Å²) in [7, 11) is 0. The Labute approximate surface area is 226 Å². The predicted octanol–water partition coefficient (Wildman–Crippen LogP) is 3.09. The maximum absolute atomic E-state index is 5.55. The highest BCUT2D eigenvalue weighted by Crippen LogP contribution is 2.34. The Balaban J connectivity index is 1.13. The first kappa shape index (κ1) is 24.5. The van der Waals surface area contributed by atoms with Crippen LogP contribution in [0.1, 0.15) is 44.6 Å². The number of nitrogens with one attached hydrogen (secondary N) is 4. The SMILES string of the molecule is c1nn(C2CCOCC2)cc1Nc1nc(N[C@H]2CC[C@H](N3CCOCC3)CC2)c2c(-c3cn[nH]c3)n[nH]c2n1. The predicted molar refractivity (Wildman–Crippen MR) is 146 cm³/mol. The Kier molecular flexibility index (Phi) is 6.85. The lowest BCUT2D eigenvalue weighted by Gasteiger charge is -2.39. The van der Waals surface area contributed by atoms with E-state index in [9.17, 15) is 0 Å². The lowest BCUT2D eigenvalue weighted by atomic mass is 9.90. The number of anilines is 3. The molecule has 0 amide bonds. The van der Waals surface area contributed by atoms with Crippen molar-refractivity contribution in [2.45, 2.75) is 56.7 Å². The van der Waals surface area contributed by atoms with E-state index in [2.05, 4.69) is 41.0 Å². The van der Waals surface area contributed by atoms with Gasteiger partial charge in [0.05, 0.1) is 42.7 Å². The van der Waals surface area contributed by atoms with Crippen LogP contribution in [-0.4, -0.2) is 96.6 Å². The summed E-state index contributed by atoms with van der Waals surface area (Å²) in [5.41, 5.74) is 3.20. The van der Waals surface area contributed by atoms with Gasteiger partial charge < -0.3 is 20.1 Å². The number of nitrogens with zero attached hydrogens (tertiary/aromatic N) is 7. The Bertz CT molecular complexity index is 1360. The molecule has 0 radical (unpaired) electrons. The average molecular weight is 534 g/mol. The van der Waals surface area contributed by atoms with Gasteiger partial charge >= 0.3 is 0 Å². The standard InChI is InChI=1S/C26H35N11O2/c1-3-20(36-7-11-39-12-8-36)4-2-18(1)30-24-22-23(17-13-27-28-14-17)34-35-25(22)33-26(32-24)31-19-15-29-37(16-19)21-5-9-38-10-6-21/h13-16,18,20-21H,1-12H2,(H,27,28)(H3,30,31,32,33,34,35)/t18-,20-. The van der Waals surface area contributed by atoms with Crippen LogP contribution in [0, 0.1) is 0 Å². The van der Waals surface area contributed by atoms with Crippen LogP contribution in [0.25, 0.3) is 22.3 Å². The van der Waals surface area contributed by atoms with Crippen molar-refractivity contribution in [3.05, 3.63) is 24.8 Å². The van der Waals surface area contributed by atoms with Crippen LogP contribution < -0.4 is 10.6 Å². The topological polar surface area (TPSA) is 147 Å². The molecule has 0 bridgehead atoms. The summed E-state index contributed by atoms with van der Waals surface area (Å²) in [6.45, 7) is 5.32. The fraction of sp³-hybridized carbons (Fsp3) is 0.577. The molecule has 3 aliphatic rings. The number of morpholine rings is 1. The Morgan fingerprint density at radius 3 is 2.51 bits per heavy atom. The molecule has 2 aliphatic heterocycles. The van der Waals surface area contributed by atoms with Crippen LogP contribution in [0.15, 0.2) is 24.8 Å². The third-order valence-electron chi connectivity index (χ3n) is 8.21. The highest BCUT2D eigenvalue weighted by Gasteiger charge is 2.28. The molecule has 4 aromatic heterocycles. The maximum atomic E-state index is 5.55. The van der Waals surface area contributed by atoms with Gasteiger partial charge in [0.2, 0.25) is 5.95 Å². The van der Waals surface area contributed by atoms with Gasteiger partial charge in [-0.25, -0.2) is 0 Å². The van der Waals surface area contributed by atoms with Gasteiger partial charge in [-0.2, -0.15) is 25.3 Å². The third-order valence-corrected chi connectivity index (χ3v) is 8.21. The quantitative estimate of drug-likeness (QED) is 0.279. The molecule has 0 unspecified atom stereocenters. The van der Waals surface area contributed by atoms with E-state index < -0.39 is 0 Å². The lowest BCUT2D eigenvalue weighted by Crippen LogP contribution is -2.46. The van der Waals surface area contributed by atoms with Crippen molar-refractivity contribution < 1.29 is 9.47 Å². The summed E-state index contributed by atoms with van der Waals surface area (Å²) in [6.07, 6.45) is 13.9. The van der Waals surface area contributed by atoms with Crippen LogP contribution in [0.3, 0.4) is 0 Å². The van der Waals surface area contributed by atoms with Crippen LogP contribution in [0.5, 0.6) is 0 Å². The largest absolute Gasteiger partial charge is 0.381 e. The summed E-state index contributed by atoms with van der Waals surface area (Å²) in [5, 5.41) is 27.3. The molecular formula is C26H35N11O2. The number of aromatic nitrogens is 8. The molecule has 1 saturated carbocycles. The molecule has 0 spiro atoms. The summed E-state index contributed by atoms with van der Waals surface area (Å²) >= 11 is 0. The van der Waals surface area contributed by atoms with Gasteiger partial charge in [-0.1, -0.05) is 0 Å². The van der Waals surface area contributed by atoms with Crippen molar-refractivity contribution in [3.63, 3.8) is 0 Å². The van der Waals surface area contributed by atoms with E-state index in [-0.39, 0.29) is 0 Å². The zero-order valence-electron chi connectivity index (χ0n) is 22.0. The molecule has 206 valence electrons. The van der Waals surface area contributed by atoms with Gasteiger partial charge in [0, 0.05) is 56.3 Å². The van der Waals surface area contributed by atoms with Gasteiger partial charge in [0.1, 0.15) is 11.5 Å². The minimum absolute atomic E-state index is 0.330. The Morgan fingerprint density at radius 1 is 0.897 bits per heavy atom. The van der Waals surface area contributed by atoms with E-state index in [0.29, 0.717) is 29.7 Å². The molecule has 7 rings (SSSR count). The first-order valence-electron chi connectivity index (χ1n) is 14.0. The third kappa shape index (κ3) is 5.21. The van der Waals surface area contributed by atoms with Gasteiger partial charge in [0.25, 0.3) is 0 Å². The number of hydrogen-bond donors (Lipinski definition) is 4. The van der Waals surface area contributed by atoms with Crippen molar-refractivity contribution in [1.29, 1.82) is 0 Å². The van der Waals surface area contributed by atoms with Crippen molar-refractivity contribution >= 4 is 28.5 Å². The lowest BCUT2D eigenvalue weighted by molar-refractivity contribution is 0.00791. The molecule has 6 heterocycles.